The molecule has 1 unspecified atom stereocenters. The summed E-state index contributed by atoms with van der Waals surface area (Å²) in [5.74, 6) is -4.07. The average molecular weight is 718 g/mol. The van der Waals surface area contributed by atoms with E-state index in [4.69, 9.17) is 16.3 Å². The number of alkyl halides is 3. The number of carbonyl (C=O) groups excluding carboxylic acids is 2. The molecule has 2 aliphatic heterocycles. The van der Waals surface area contributed by atoms with Gasteiger partial charge in [-0.15, -0.1) is 0 Å². The normalized spacial score (nSPS) is 26.8. The lowest BCUT2D eigenvalue weighted by atomic mass is 9.70. The van der Waals surface area contributed by atoms with E-state index in [1.165, 1.54) is 10.5 Å². The molecule has 2 bridgehead atoms. The molecule has 3 aliphatic rings. The minimum Gasteiger partial charge on any atom is -0.453 e. The van der Waals surface area contributed by atoms with Gasteiger partial charge in [0.2, 0.25) is 15.9 Å². The third kappa shape index (κ3) is 8.58. The number of ether oxygens (including phenoxy) is 1. The standard InChI is InChI=1S/C32H40ClF4N5O5S/c1-47-31(44)41-29(28(20-6-10-22(33)11-7-20)19-4-8-21(9-5-19)32(35,36)37)30(43)40-27-17-38-16-26(34)25(27)13-12-24-15-39-23-3-2-14-48(45,46)42(24)18-23/h6-7,10-11,16-17,19,21,23-24,28-29,39H,2-5,8-9,12-15,18H2,1H3,(H,40,43)(H,41,44)/t19-,21-,23-,24+,28-,29+/m1/s1. The predicted molar refractivity (Wildman–Crippen MR) is 171 cm³/mol. The van der Waals surface area contributed by atoms with Crippen molar-refractivity contribution in [1.29, 1.82) is 0 Å². The van der Waals surface area contributed by atoms with Crippen LogP contribution in [0.5, 0.6) is 0 Å². The molecule has 1 aromatic carbocycles. The van der Waals surface area contributed by atoms with Gasteiger partial charge in [-0.2, -0.15) is 17.5 Å². The molecule has 5 rings (SSSR count). The number of sulfonamides is 1. The summed E-state index contributed by atoms with van der Waals surface area (Å²) in [6.07, 6.45) is -1.33. The lowest BCUT2D eigenvalue weighted by molar-refractivity contribution is -0.184. The maximum atomic E-state index is 15.3. The SMILES string of the molecule is COC(=O)N[C@H](C(=O)Nc1cncc(F)c1CC[C@H]1CN[C@@H]2CCCS(=O)(=O)N1C2)[C@@H](c1ccc(Cl)cc1)[C@H]1CC[C@H](C(F)(F)F)CC1. The quantitative estimate of drug-likeness (QED) is 0.297. The molecule has 2 saturated heterocycles. The zero-order valence-corrected chi connectivity index (χ0v) is 28.0. The van der Waals surface area contributed by atoms with Gasteiger partial charge in [0.1, 0.15) is 11.9 Å². The Morgan fingerprint density at radius 2 is 1.83 bits per heavy atom. The van der Waals surface area contributed by atoms with Crippen LogP contribution in [0.25, 0.3) is 0 Å². The summed E-state index contributed by atoms with van der Waals surface area (Å²) in [6.45, 7) is 0.746. The molecule has 2 aromatic rings. The van der Waals surface area contributed by atoms with E-state index in [2.05, 4.69) is 20.9 Å². The van der Waals surface area contributed by atoms with Crippen molar-refractivity contribution in [2.75, 3.05) is 31.3 Å². The Morgan fingerprint density at radius 3 is 2.50 bits per heavy atom. The highest BCUT2D eigenvalue weighted by Crippen LogP contribution is 2.45. The van der Waals surface area contributed by atoms with Crippen molar-refractivity contribution in [3.8, 4) is 0 Å². The van der Waals surface area contributed by atoms with Crippen molar-refractivity contribution in [2.45, 2.75) is 81.6 Å². The van der Waals surface area contributed by atoms with Gasteiger partial charge in [0.05, 0.1) is 36.9 Å². The highest BCUT2D eigenvalue weighted by atomic mass is 35.5. The molecule has 264 valence electrons. The van der Waals surface area contributed by atoms with Crippen molar-refractivity contribution < 1.29 is 40.3 Å². The third-order valence-electron chi connectivity index (χ3n) is 9.85. The fourth-order valence-electron chi connectivity index (χ4n) is 7.32. The number of amides is 2. The van der Waals surface area contributed by atoms with Crippen LogP contribution < -0.4 is 16.0 Å². The Kier molecular flexibility index (Phi) is 11.5. The van der Waals surface area contributed by atoms with Crippen LogP contribution in [0.15, 0.2) is 36.7 Å². The van der Waals surface area contributed by atoms with Crippen LogP contribution in [0.2, 0.25) is 5.02 Å². The third-order valence-corrected chi connectivity index (χ3v) is 12.1. The lowest BCUT2D eigenvalue weighted by Gasteiger charge is -2.38. The van der Waals surface area contributed by atoms with E-state index < -0.39 is 63.9 Å². The average Bonchev–Trinajstić information content (AvgIpc) is 3.16. The van der Waals surface area contributed by atoms with Gasteiger partial charge in [0.25, 0.3) is 0 Å². The molecule has 0 spiro atoms. The highest BCUT2D eigenvalue weighted by Gasteiger charge is 2.45. The van der Waals surface area contributed by atoms with E-state index in [9.17, 15) is 31.2 Å². The van der Waals surface area contributed by atoms with Crippen LogP contribution in [-0.2, 0) is 26.0 Å². The molecular weight excluding hydrogens is 678 g/mol. The topological polar surface area (TPSA) is 130 Å². The van der Waals surface area contributed by atoms with E-state index in [0.717, 1.165) is 19.7 Å². The molecule has 16 heteroatoms. The second-order valence-corrected chi connectivity index (χ2v) is 15.3. The number of carbonyl (C=O) groups is 2. The first-order chi connectivity index (χ1) is 22.8. The van der Waals surface area contributed by atoms with E-state index in [0.29, 0.717) is 30.1 Å². The number of piperazine rings is 1. The number of halogens is 5. The number of nitrogens with zero attached hydrogens (tertiary/aromatic N) is 2. The van der Waals surface area contributed by atoms with Crippen LogP contribution in [0.1, 0.15) is 62.0 Å². The van der Waals surface area contributed by atoms with E-state index >= 15 is 4.39 Å². The van der Waals surface area contributed by atoms with Gasteiger partial charge in [-0.05, 0) is 75.0 Å². The molecule has 1 aliphatic carbocycles. The fraction of sp³-hybridized carbons (Fsp3) is 0.594. The van der Waals surface area contributed by atoms with Gasteiger partial charge in [0.15, 0.2) is 0 Å². The lowest BCUT2D eigenvalue weighted by Crippen LogP contribution is -2.57. The summed E-state index contributed by atoms with van der Waals surface area (Å²) in [7, 11) is -2.35. The molecule has 3 fully saturated rings. The number of nitrogens with one attached hydrogen (secondary N) is 3. The van der Waals surface area contributed by atoms with Crippen LogP contribution in [0.3, 0.4) is 0 Å². The number of anilines is 1. The monoisotopic (exact) mass is 717 g/mol. The maximum absolute atomic E-state index is 15.3. The van der Waals surface area contributed by atoms with Crippen molar-refractivity contribution in [3.05, 3.63) is 58.6 Å². The molecule has 0 radical (unpaired) electrons. The molecule has 3 N–H and O–H groups in total. The number of hydrogen-bond donors (Lipinski definition) is 3. The summed E-state index contributed by atoms with van der Waals surface area (Å²) >= 11 is 6.12. The smallest absolute Gasteiger partial charge is 0.407 e. The second kappa shape index (κ2) is 15.3. The van der Waals surface area contributed by atoms with Crippen LogP contribution in [0.4, 0.5) is 28.0 Å². The predicted octanol–water partition coefficient (Wildman–Crippen LogP) is 5.39. The molecule has 1 aromatic heterocycles. The molecule has 3 heterocycles. The van der Waals surface area contributed by atoms with Crippen LogP contribution in [0, 0.1) is 17.7 Å². The minimum absolute atomic E-state index is 0.0349. The Labute approximate surface area is 282 Å². The van der Waals surface area contributed by atoms with Crippen LogP contribution >= 0.6 is 11.6 Å². The van der Waals surface area contributed by atoms with Gasteiger partial charge in [-0.1, -0.05) is 23.7 Å². The summed E-state index contributed by atoms with van der Waals surface area (Å²) in [5.41, 5.74) is 0.719. The highest BCUT2D eigenvalue weighted by molar-refractivity contribution is 7.89. The van der Waals surface area contributed by atoms with Gasteiger partial charge >= 0.3 is 12.3 Å². The van der Waals surface area contributed by atoms with E-state index in [-0.39, 0.29) is 61.6 Å². The summed E-state index contributed by atoms with van der Waals surface area (Å²) in [4.78, 5) is 30.6. The van der Waals surface area contributed by atoms with Crippen molar-refractivity contribution >= 4 is 39.3 Å². The Morgan fingerprint density at radius 1 is 1.12 bits per heavy atom. The number of methoxy groups -OCH3 is 1. The summed E-state index contributed by atoms with van der Waals surface area (Å²) < 4.78 is 88.1. The number of fused-ring (bicyclic) bond motifs is 2. The van der Waals surface area contributed by atoms with Crippen molar-refractivity contribution in [3.63, 3.8) is 0 Å². The number of pyridine rings is 1. The van der Waals surface area contributed by atoms with Crippen molar-refractivity contribution in [2.24, 2.45) is 11.8 Å². The van der Waals surface area contributed by atoms with Gasteiger partial charge in [-0.25, -0.2) is 17.6 Å². The molecule has 5 atom stereocenters. The van der Waals surface area contributed by atoms with Crippen molar-refractivity contribution in [1.82, 2.24) is 19.9 Å². The first-order valence-electron chi connectivity index (χ1n) is 16.1. The number of benzene rings is 1. The molecule has 1 saturated carbocycles. The number of hydrogen-bond acceptors (Lipinski definition) is 7. The molecule has 48 heavy (non-hydrogen) atoms. The van der Waals surface area contributed by atoms with E-state index in [1.54, 1.807) is 24.3 Å². The summed E-state index contributed by atoms with van der Waals surface area (Å²) in [5, 5.41) is 9.07. The van der Waals surface area contributed by atoms with E-state index in [1.807, 2.05) is 0 Å². The zero-order valence-electron chi connectivity index (χ0n) is 26.4. The molecular formula is C32H40ClF4N5O5S. The second-order valence-electron chi connectivity index (χ2n) is 12.8. The van der Waals surface area contributed by atoms with Gasteiger partial charge < -0.3 is 20.7 Å². The zero-order chi connectivity index (χ0) is 34.6. The van der Waals surface area contributed by atoms with Crippen LogP contribution in [-0.4, -0.2) is 80.0 Å². The first kappa shape index (κ1) is 36.3. The molecule has 10 nitrogen and oxygen atoms in total. The molecule has 2 amide bonds. The minimum atomic E-state index is -4.34. The summed E-state index contributed by atoms with van der Waals surface area (Å²) in [6, 6.07) is 4.83. The number of aromatic nitrogens is 1. The van der Waals surface area contributed by atoms with Gasteiger partial charge in [-0.3, -0.25) is 9.78 Å². The Balaban J connectivity index is 1.41. The Bertz CT molecular complexity index is 1560. The van der Waals surface area contributed by atoms with Gasteiger partial charge in [0, 0.05) is 41.7 Å². The number of alkyl carbamates (subject to hydrolysis) is 1. The fourth-order valence-corrected chi connectivity index (χ4v) is 9.25. The Hall–Kier alpha value is -3.01. The largest absolute Gasteiger partial charge is 0.453 e. The first-order valence-corrected chi connectivity index (χ1v) is 18.1. The number of rotatable bonds is 9. The maximum Gasteiger partial charge on any atom is 0.407 e.